The van der Waals surface area contributed by atoms with Gasteiger partial charge in [-0.3, -0.25) is 19.2 Å². The van der Waals surface area contributed by atoms with Crippen molar-refractivity contribution in [2.24, 2.45) is 0 Å². The lowest BCUT2D eigenvalue weighted by Crippen LogP contribution is -2.30. The van der Waals surface area contributed by atoms with Gasteiger partial charge in [0.1, 0.15) is 23.7 Å². The van der Waals surface area contributed by atoms with E-state index < -0.39 is 18.1 Å². The smallest absolute Gasteiger partial charge is 0.305 e. The fourth-order valence-electron chi connectivity index (χ4n) is 4.75. The van der Waals surface area contributed by atoms with E-state index in [2.05, 4.69) is 20.1 Å². The maximum Gasteiger partial charge on any atom is 0.305 e. The number of aliphatic hydroxyl groups excluding tert-OH is 1. The summed E-state index contributed by atoms with van der Waals surface area (Å²) in [4.78, 5) is 46.7. The lowest BCUT2D eigenvalue weighted by atomic mass is 10.1. The topological polar surface area (TPSA) is 159 Å². The SMILES string of the molecule is COC(=O)CCCCCC(O)C(=O)Nc1ccc(OC)cc1.COC(=O)CCCCCC(OCc1ccccc1)C(=O)Nc1ccc(OC)cc1. The average Bonchev–Trinajstić information content (AvgIpc) is 3.16. The lowest BCUT2D eigenvalue weighted by Gasteiger charge is -2.18. The van der Waals surface area contributed by atoms with E-state index in [1.165, 1.54) is 14.2 Å². The van der Waals surface area contributed by atoms with E-state index in [9.17, 15) is 24.3 Å². The predicted octanol–water partition coefficient (Wildman–Crippen LogP) is 6.46. The molecule has 12 heteroatoms. The van der Waals surface area contributed by atoms with Gasteiger partial charge in [-0.05, 0) is 79.8 Å². The van der Waals surface area contributed by atoms with Gasteiger partial charge in [-0.2, -0.15) is 0 Å². The molecule has 0 fully saturated rings. The fraction of sp³-hybridized carbons (Fsp3) is 0.436. The van der Waals surface area contributed by atoms with Crippen LogP contribution in [0, 0.1) is 0 Å². The number of rotatable bonds is 21. The fourth-order valence-corrected chi connectivity index (χ4v) is 4.75. The summed E-state index contributed by atoms with van der Waals surface area (Å²) in [5.41, 5.74) is 2.31. The number of methoxy groups -OCH3 is 4. The number of aliphatic hydroxyl groups is 1. The number of carbonyl (C=O) groups is 4. The van der Waals surface area contributed by atoms with Crippen molar-refractivity contribution in [3.63, 3.8) is 0 Å². The van der Waals surface area contributed by atoms with Crippen LogP contribution in [-0.4, -0.2) is 69.5 Å². The van der Waals surface area contributed by atoms with Gasteiger partial charge in [0.25, 0.3) is 11.8 Å². The Morgan fingerprint density at radius 1 is 0.588 bits per heavy atom. The molecule has 3 N–H and O–H groups in total. The van der Waals surface area contributed by atoms with Crippen molar-refractivity contribution in [2.45, 2.75) is 83.0 Å². The van der Waals surface area contributed by atoms with Gasteiger partial charge >= 0.3 is 11.9 Å². The molecule has 0 spiro atoms. The zero-order valence-electron chi connectivity index (χ0n) is 30.1. The third-order valence-electron chi connectivity index (χ3n) is 7.77. The molecule has 0 heterocycles. The summed E-state index contributed by atoms with van der Waals surface area (Å²) in [6.07, 6.45) is 4.56. The average molecular weight is 709 g/mol. The molecule has 51 heavy (non-hydrogen) atoms. The summed E-state index contributed by atoms with van der Waals surface area (Å²) in [7, 11) is 5.91. The molecule has 3 aromatic rings. The van der Waals surface area contributed by atoms with E-state index in [1.54, 1.807) is 62.8 Å². The van der Waals surface area contributed by atoms with E-state index in [0.29, 0.717) is 62.3 Å². The number of esters is 2. The summed E-state index contributed by atoms with van der Waals surface area (Å²) < 4.78 is 25.3. The van der Waals surface area contributed by atoms with Gasteiger partial charge in [-0.15, -0.1) is 0 Å². The number of unbranched alkanes of at least 4 members (excludes halogenated alkanes) is 4. The number of nitrogens with one attached hydrogen (secondary N) is 2. The van der Waals surface area contributed by atoms with Gasteiger partial charge in [0.05, 0.1) is 35.0 Å². The zero-order chi connectivity index (χ0) is 37.3. The van der Waals surface area contributed by atoms with Crippen LogP contribution >= 0.6 is 0 Å². The summed E-state index contributed by atoms with van der Waals surface area (Å²) >= 11 is 0. The molecule has 0 bridgehead atoms. The highest BCUT2D eigenvalue weighted by atomic mass is 16.5. The van der Waals surface area contributed by atoms with Gasteiger partial charge in [-0.25, -0.2) is 0 Å². The molecule has 0 saturated heterocycles. The van der Waals surface area contributed by atoms with Crippen LogP contribution in [0.5, 0.6) is 11.5 Å². The molecule has 0 aromatic heterocycles. The molecule has 0 saturated carbocycles. The van der Waals surface area contributed by atoms with Crippen molar-refractivity contribution in [3.8, 4) is 11.5 Å². The van der Waals surface area contributed by atoms with Crippen LogP contribution in [-0.2, 0) is 40.0 Å². The molecule has 0 aliphatic heterocycles. The van der Waals surface area contributed by atoms with Gasteiger partial charge in [0.2, 0.25) is 0 Å². The quantitative estimate of drug-likeness (QED) is 0.0828. The van der Waals surface area contributed by atoms with Crippen molar-refractivity contribution in [1.82, 2.24) is 0 Å². The van der Waals surface area contributed by atoms with Gasteiger partial charge in [-0.1, -0.05) is 56.0 Å². The summed E-state index contributed by atoms with van der Waals surface area (Å²) in [6, 6.07) is 23.8. The summed E-state index contributed by atoms with van der Waals surface area (Å²) in [5, 5.41) is 15.4. The Morgan fingerprint density at radius 2 is 1.06 bits per heavy atom. The predicted molar refractivity (Wildman–Crippen MR) is 194 cm³/mol. The van der Waals surface area contributed by atoms with Crippen LogP contribution in [0.1, 0.15) is 69.8 Å². The van der Waals surface area contributed by atoms with Gasteiger partial charge in [0, 0.05) is 24.2 Å². The molecule has 278 valence electrons. The van der Waals surface area contributed by atoms with E-state index >= 15 is 0 Å². The first-order chi connectivity index (χ1) is 24.7. The number of amides is 2. The minimum absolute atomic E-state index is 0.181. The highest BCUT2D eigenvalue weighted by Gasteiger charge is 2.20. The molecular formula is C39H52N2O10. The molecule has 12 nitrogen and oxygen atoms in total. The number of carbonyl (C=O) groups excluding carboxylic acids is 4. The third kappa shape index (κ3) is 18.0. The van der Waals surface area contributed by atoms with E-state index in [1.807, 2.05) is 30.3 Å². The Kier molecular flexibility index (Phi) is 20.8. The highest BCUT2D eigenvalue weighted by Crippen LogP contribution is 2.19. The molecular weight excluding hydrogens is 656 g/mol. The number of hydrogen-bond donors (Lipinski definition) is 3. The van der Waals surface area contributed by atoms with Crippen LogP contribution in [0.3, 0.4) is 0 Å². The first kappa shape index (κ1) is 42.2. The largest absolute Gasteiger partial charge is 0.497 e. The minimum atomic E-state index is -1.06. The molecule has 0 aliphatic rings. The summed E-state index contributed by atoms with van der Waals surface area (Å²) in [6.45, 7) is 0.365. The molecule has 0 radical (unpaired) electrons. The van der Waals surface area contributed by atoms with Gasteiger partial charge < -0.3 is 39.4 Å². The Labute approximate surface area is 300 Å². The Balaban J connectivity index is 0.000000368. The number of hydrogen-bond acceptors (Lipinski definition) is 10. The van der Waals surface area contributed by atoms with Crippen LogP contribution < -0.4 is 20.1 Å². The first-order valence-corrected chi connectivity index (χ1v) is 17.1. The van der Waals surface area contributed by atoms with Crippen molar-refractivity contribution < 1.29 is 48.0 Å². The van der Waals surface area contributed by atoms with Crippen LogP contribution in [0.15, 0.2) is 78.9 Å². The Bertz CT molecular complexity index is 1430. The van der Waals surface area contributed by atoms with Crippen LogP contribution in [0.25, 0.3) is 0 Å². The molecule has 3 rings (SSSR count). The Hall–Kier alpha value is -4.94. The standard InChI is InChI=1S/C23H29NO5.C16H23NO5/c1-27-20-15-13-19(14-16-20)24-23(26)21(11-7-4-8-12-22(25)28-2)29-17-18-9-5-3-6-10-18;1-21-13-10-8-12(9-11-13)17-16(20)14(18)6-4-3-5-7-15(19)22-2/h3,5-6,9-10,13-16,21H,4,7-8,11-12,17H2,1-2H3,(H,24,26);8-11,14,18H,3-7H2,1-2H3,(H,17,20). The van der Waals surface area contributed by atoms with Crippen molar-refractivity contribution in [2.75, 3.05) is 39.1 Å². The second kappa shape index (κ2) is 25.1. The van der Waals surface area contributed by atoms with E-state index in [-0.39, 0.29) is 17.8 Å². The molecule has 3 aromatic carbocycles. The first-order valence-electron chi connectivity index (χ1n) is 17.1. The number of ether oxygens (including phenoxy) is 5. The van der Waals surface area contributed by atoms with E-state index in [4.69, 9.17) is 14.2 Å². The molecule has 2 amide bonds. The van der Waals surface area contributed by atoms with Crippen molar-refractivity contribution in [1.29, 1.82) is 0 Å². The second-order valence-corrected chi connectivity index (χ2v) is 11.6. The van der Waals surface area contributed by atoms with Crippen LogP contribution in [0.4, 0.5) is 11.4 Å². The molecule has 0 aliphatic carbocycles. The molecule has 2 atom stereocenters. The normalized spacial score (nSPS) is 11.5. The highest BCUT2D eigenvalue weighted by molar-refractivity contribution is 5.94. The second-order valence-electron chi connectivity index (χ2n) is 11.6. The summed E-state index contributed by atoms with van der Waals surface area (Å²) in [5.74, 6) is 0.365. The lowest BCUT2D eigenvalue weighted by molar-refractivity contribution is -0.141. The monoisotopic (exact) mass is 708 g/mol. The number of benzene rings is 3. The van der Waals surface area contributed by atoms with Crippen LogP contribution in [0.2, 0.25) is 0 Å². The van der Waals surface area contributed by atoms with Crippen molar-refractivity contribution in [3.05, 3.63) is 84.4 Å². The zero-order valence-corrected chi connectivity index (χ0v) is 30.1. The third-order valence-corrected chi connectivity index (χ3v) is 7.77. The van der Waals surface area contributed by atoms with Crippen molar-refractivity contribution >= 4 is 35.1 Å². The maximum absolute atomic E-state index is 12.8. The maximum atomic E-state index is 12.8. The van der Waals surface area contributed by atoms with E-state index in [0.717, 1.165) is 37.0 Å². The molecule has 2 unspecified atom stereocenters. The minimum Gasteiger partial charge on any atom is -0.497 e. The Morgan fingerprint density at radius 3 is 1.53 bits per heavy atom. The number of anilines is 2. The van der Waals surface area contributed by atoms with Gasteiger partial charge in [0.15, 0.2) is 0 Å².